The summed E-state index contributed by atoms with van der Waals surface area (Å²) < 4.78 is 5.42. The molecule has 0 unspecified atom stereocenters. The summed E-state index contributed by atoms with van der Waals surface area (Å²) in [6.07, 6.45) is -0.0154. The monoisotopic (exact) mass is 257 g/mol. The molecule has 0 aromatic carbocycles. The van der Waals surface area contributed by atoms with Gasteiger partial charge in [0, 0.05) is 27.2 Å². The van der Waals surface area contributed by atoms with E-state index in [4.69, 9.17) is 4.74 Å². The molecule has 104 valence electrons. The molecule has 3 amide bonds. The van der Waals surface area contributed by atoms with Gasteiger partial charge in [-0.05, 0) is 13.8 Å². The Labute approximate surface area is 108 Å². The van der Waals surface area contributed by atoms with Crippen molar-refractivity contribution in [1.29, 1.82) is 0 Å². The summed E-state index contributed by atoms with van der Waals surface area (Å²) in [5, 5.41) is 0. The van der Waals surface area contributed by atoms with E-state index in [0.717, 1.165) is 0 Å². The van der Waals surface area contributed by atoms with Crippen LogP contribution in [0.15, 0.2) is 0 Å². The van der Waals surface area contributed by atoms with Gasteiger partial charge in [0.25, 0.3) is 0 Å². The van der Waals surface area contributed by atoms with E-state index in [2.05, 4.69) is 0 Å². The summed E-state index contributed by atoms with van der Waals surface area (Å²) in [5.41, 5.74) is 0. The van der Waals surface area contributed by atoms with Gasteiger partial charge in [-0.2, -0.15) is 0 Å². The summed E-state index contributed by atoms with van der Waals surface area (Å²) in [4.78, 5) is 28.1. The molecule has 18 heavy (non-hydrogen) atoms. The SMILES string of the molecule is CC(C)N(C)C(=O)N1CC(OCC(=O)N(C)C)C1. The van der Waals surface area contributed by atoms with E-state index in [0.29, 0.717) is 13.1 Å². The number of ether oxygens (including phenoxy) is 1. The average molecular weight is 257 g/mol. The van der Waals surface area contributed by atoms with Crippen molar-refractivity contribution in [1.82, 2.24) is 14.7 Å². The number of rotatable bonds is 4. The zero-order chi connectivity index (χ0) is 13.9. The fourth-order valence-corrected chi connectivity index (χ4v) is 1.46. The maximum atomic E-state index is 11.9. The third-order valence-electron chi connectivity index (χ3n) is 3.14. The number of urea groups is 1. The van der Waals surface area contributed by atoms with Crippen molar-refractivity contribution in [3.8, 4) is 0 Å². The van der Waals surface area contributed by atoms with Crippen molar-refractivity contribution in [2.45, 2.75) is 26.0 Å². The number of hydrogen-bond acceptors (Lipinski definition) is 3. The van der Waals surface area contributed by atoms with Crippen molar-refractivity contribution >= 4 is 11.9 Å². The van der Waals surface area contributed by atoms with Gasteiger partial charge in [0.2, 0.25) is 5.91 Å². The molecular formula is C12H23N3O3. The van der Waals surface area contributed by atoms with Gasteiger partial charge in [-0.15, -0.1) is 0 Å². The second-order valence-corrected chi connectivity index (χ2v) is 5.11. The van der Waals surface area contributed by atoms with Crippen molar-refractivity contribution in [2.75, 3.05) is 40.8 Å². The van der Waals surface area contributed by atoms with Crippen molar-refractivity contribution in [3.05, 3.63) is 0 Å². The molecule has 0 atom stereocenters. The quantitative estimate of drug-likeness (QED) is 0.725. The summed E-state index contributed by atoms with van der Waals surface area (Å²) >= 11 is 0. The van der Waals surface area contributed by atoms with E-state index in [9.17, 15) is 9.59 Å². The van der Waals surface area contributed by atoms with Gasteiger partial charge in [0.1, 0.15) is 6.61 Å². The van der Waals surface area contributed by atoms with Gasteiger partial charge in [-0.1, -0.05) is 0 Å². The van der Waals surface area contributed by atoms with Crippen molar-refractivity contribution < 1.29 is 14.3 Å². The molecule has 0 bridgehead atoms. The molecule has 1 rings (SSSR count). The lowest BCUT2D eigenvalue weighted by Gasteiger charge is -2.41. The van der Waals surface area contributed by atoms with Gasteiger partial charge in [0.15, 0.2) is 0 Å². The van der Waals surface area contributed by atoms with Crippen LogP contribution in [0.3, 0.4) is 0 Å². The minimum Gasteiger partial charge on any atom is -0.365 e. The molecule has 0 saturated carbocycles. The van der Waals surface area contributed by atoms with Crippen LogP contribution >= 0.6 is 0 Å². The van der Waals surface area contributed by atoms with Crippen LogP contribution in [-0.2, 0) is 9.53 Å². The summed E-state index contributed by atoms with van der Waals surface area (Å²) in [7, 11) is 5.18. The average Bonchev–Trinajstić information content (AvgIpc) is 2.24. The maximum Gasteiger partial charge on any atom is 0.320 e. The fourth-order valence-electron chi connectivity index (χ4n) is 1.46. The molecule has 0 N–H and O–H groups in total. The Balaban J connectivity index is 2.24. The van der Waals surface area contributed by atoms with Crippen molar-refractivity contribution in [2.24, 2.45) is 0 Å². The van der Waals surface area contributed by atoms with Crippen LogP contribution in [0.1, 0.15) is 13.8 Å². The first-order valence-electron chi connectivity index (χ1n) is 6.16. The van der Waals surface area contributed by atoms with E-state index in [1.165, 1.54) is 4.90 Å². The van der Waals surface area contributed by atoms with Gasteiger partial charge < -0.3 is 19.4 Å². The Kier molecular flexibility index (Phi) is 4.95. The van der Waals surface area contributed by atoms with Crippen LogP contribution in [-0.4, -0.2) is 79.6 Å². The zero-order valence-corrected chi connectivity index (χ0v) is 11.8. The van der Waals surface area contributed by atoms with E-state index in [-0.39, 0.29) is 30.7 Å². The van der Waals surface area contributed by atoms with Crippen LogP contribution in [0.2, 0.25) is 0 Å². The topological polar surface area (TPSA) is 53.1 Å². The molecule has 0 aliphatic carbocycles. The van der Waals surface area contributed by atoms with Crippen LogP contribution in [0.4, 0.5) is 4.79 Å². The van der Waals surface area contributed by atoms with E-state index in [1.807, 2.05) is 13.8 Å². The van der Waals surface area contributed by atoms with E-state index < -0.39 is 0 Å². The molecule has 1 aliphatic heterocycles. The molecule has 6 heteroatoms. The van der Waals surface area contributed by atoms with Gasteiger partial charge in [-0.3, -0.25) is 4.79 Å². The summed E-state index contributed by atoms with van der Waals surface area (Å²) in [5.74, 6) is -0.0564. The third-order valence-corrected chi connectivity index (χ3v) is 3.14. The number of amides is 3. The van der Waals surface area contributed by atoms with E-state index in [1.54, 1.807) is 30.9 Å². The standard InChI is InChI=1S/C12H23N3O3/c1-9(2)14(5)12(17)15-6-10(7-15)18-8-11(16)13(3)4/h9-10H,6-8H2,1-5H3. The van der Waals surface area contributed by atoms with E-state index >= 15 is 0 Å². The number of carbonyl (C=O) groups is 2. The number of likely N-dealkylation sites (tertiary alicyclic amines) is 1. The molecular weight excluding hydrogens is 234 g/mol. The number of nitrogens with zero attached hydrogens (tertiary/aromatic N) is 3. The molecule has 1 aliphatic rings. The molecule has 1 heterocycles. The molecule has 1 saturated heterocycles. The summed E-state index contributed by atoms with van der Waals surface area (Å²) in [6.45, 7) is 5.16. The van der Waals surface area contributed by atoms with Crippen LogP contribution in [0.25, 0.3) is 0 Å². The molecule has 0 radical (unpaired) electrons. The first kappa shape index (κ1) is 14.8. The Morgan fingerprint density at radius 3 is 2.28 bits per heavy atom. The lowest BCUT2D eigenvalue weighted by molar-refractivity contribution is -0.138. The highest BCUT2D eigenvalue weighted by Crippen LogP contribution is 2.14. The largest absolute Gasteiger partial charge is 0.365 e. The lowest BCUT2D eigenvalue weighted by atomic mass is 10.2. The van der Waals surface area contributed by atoms with Gasteiger partial charge >= 0.3 is 6.03 Å². The highest BCUT2D eigenvalue weighted by atomic mass is 16.5. The Hall–Kier alpha value is -1.30. The first-order valence-corrected chi connectivity index (χ1v) is 6.16. The predicted octanol–water partition coefficient (Wildman–Crippen LogP) is 0.236. The first-order chi connectivity index (χ1) is 8.32. The summed E-state index contributed by atoms with van der Waals surface area (Å²) in [6, 6.07) is 0.205. The Bertz CT molecular complexity index is 312. The fraction of sp³-hybridized carbons (Fsp3) is 0.833. The molecule has 0 spiro atoms. The smallest absolute Gasteiger partial charge is 0.320 e. The zero-order valence-electron chi connectivity index (χ0n) is 11.8. The highest BCUT2D eigenvalue weighted by molar-refractivity contribution is 5.77. The molecule has 0 aromatic rings. The second kappa shape index (κ2) is 6.04. The number of hydrogen-bond donors (Lipinski definition) is 0. The van der Waals surface area contributed by atoms with Crippen LogP contribution < -0.4 is 0 Å². The minimum atomic E-state index is -0.0564. The highest BCUT2D eigenvalue weighted by Gasteiger charge is 2.33. The Morgan fingerprint density at radius 1 is 1.28 bits per heavy atom. The third kappa shape index (κ3) is 3.60. The number of likely N-dealkylation sites (N-methyl/N-ethyl adjacent to an activating group) is 1. The normalized spacial score (nSPS) is 15.6. The van der Waals surface area contributed by atoms with Crippen LogP contribution in [0.5, 0.6) is 0 Å². The minimum absolute atomic E-state index is 0.0154. The molecule has 6 nitrogen and oxygen atoms in total. The predicted molar refractivity (Wildman–Crippen MR) is 68.3 cm³/mol. The maximum absolute atomic E-state index is 11.9. The van der Waals surface area contributed by atoms with Gasteiger partial charge in [-0.25, -0.2) is 4.79 Å². The van der Waals surface area contributed by atoms with Crippen LogP contribution in [0, 0.1) is 0 Å². The Morgan fingerprint density at radius 2 is 1.83 bits per heavy atom. The van der Waals surface area contributed by atoms with Crippen molar-refractivity contribution in [3.63, 3.8) is 0 Å². The second-order valence-electron chi connectivity index (χ2n) is 5.11. The molecule has 1 fully saturated rings. The van der Waals surface area contributed by atoms with Gasteiger partial charge in [0.05, 0.1) is 19.2 Å². The number of carbonyl (C=O) groups excluding carboxylic acids is 2. The molecule has 0 aromatic heterocycles. The lowest BCUT2D eigenvalue weighted by Crippen LogP contribution is -2.59.